The molecule has 0 fully saturated rings. The molecule has 0 spiro atoms. The first-order valence-electron chi connectivity index (χ1n) is 2.18. The van der Waals surface area contributed by atoms with E-state index in [1.54, 1.807) is 0 Å². The standard InChI is InChI=1S/C3Cl3NO2S2/c4-1-2(5)10-3(7-1)11(6,8)9. The molecular formula is C3Cl3NO2S2. The third-order valence-corrected chi connectivity index (χ3v) is 4.40. The fraction of sp³-hybridized carbons (Fsp3) is 0. The van der Waals surface area contributed by atoms with Gasteiger partial charge in [-0.2, -0.15) is 0 Å². The molecule has 1 heterocycles. The van der Waals surface area contributed by atoms with Crippen molar-refractivity contribution in [2.45, 2.75) is 4.34 Å². The summed E-state index contributed by atoms with van der Waals surface area (Å²) in [6.45, 7) is 0. The van der Waals surface area contributed by atoms with E-state index in [2.05, 4.69) is 4.98 Å². The summed E-state index contributed by atoms with van der Waals surface area (Å²) >= 11 is 11.5. The highest BCUT2D eigenvalue weighted by molar-refractivity contribution is 8.15. The van der Waals surface area contributed by atoms with E-state index in [4.69, 9.17) is 33.9 Å². The second-order valence-electron chi connectivity index (χ2n) is 1.48. The minimum Gasteiger partial charge on any atom is -0.210 e. The lowest BCUT2D eigenvalue weighted by Gasteiger charge is -1.81. The topological polar surface area (TPSA) is 47.0 Å². The molecule has 0 radical (unpaired) electrons. The summed E-state index contributed by atoms with van der Waals surface area (Å²) in [4.78, 5) is 3.41. The Hall–Kier alpha value is 0.450. The van der Waals surface area contributed by atoms with Gasteiger partial charge in [0.15, 0.2) is 5.15 Å². The van der Waals surface area contributed by atoms with E-state index in [9.17, 15) is 8.42 Å². The normalized spacial score (nSPS) is 11.9. The van der Waals surface area contributed by atoms with Crippen LogP contribution < -0.4 is 0 Å². The van der Waals surface area contributed by atoms with Gasteiger partial charge in [0.25, 0.3) is 9.05 Å². The molecule has 0 N–H and O–H groups in total. The molecule has 1 aromatic rings. The van der Waals surface area contributed by atoms with Crippen LogP contribution in [-0.2, 0) is 9.05 Å². The van der Waals surface area contributed by atoms with Crippen LogP contribution in [-0.4, -0.2) is 13.4 Å². The molecule has 11 heavy (non-hydrogen) atoms. The summed E-state index contributed by atoms with van der Waals surface area (Å²) in [7, 11) is 1.15. The van der Waals surface area contributed by atoms with Crippen LogP contribution in [0.3, 0.4) is 0 Å². The van der Waals surface area contributed by atoms with E-state index in [0.29, 0.717) is 0 Å². The first-order valence-corrected chi connectivity index (χ1v) is 6.06. The molecule has 0 saturated heterocycles. The average Bonchev–Trinajstić information content (AvgIpc) is 2.11. The van der Waals surface area contributed by atoms with Crippen molar-refractivity contribution in [3.63, 3.8) is 0 Å². The lowest BCUT2D eigenvalue weighted by atomic mass is 11.0. The summed E-state index contributed by atoms with van der Waals surface area (Å²) in [5.41, 5.74) is 0. The number of hydrogen-bond acceptors (Lipinski definition) is 4. The first kappa shape index (κ1) is 9.54. The van der Waals surface area contributed by atoms with Gasteiger partial charge >= 0.3 is 0 Å². The summed E-state index contributed by atoms with van der Waals surface area (Å²) in [5.74, 6) is 0. The van der Waals surface area contributed by atoms with Gasteiger partial charge in [-0.05, 0) is 0 Å². The summed E-state index contributed by atoms with van der Waals surface area (Å²) < 4.78 is 21.0. The van der Waals surface area contributed by atoms with Crippen molar-refractivity contribution in [1.29, 1.82) is 0 Å². The minimum atomic E-state index is -3.79. The lowest BCUT2D eigenvalue weighted by Crippen LogP contribution is -1.87. The van der Waals surface area contributed by atoms with Gasteiger partial charge in [-0.25, -0.2) is 13.4 Å². The quantitative estimate of drug-likeness (QED) is 0.721. The van der Waals surface area contributed by atoms with Crippen LogP contribution in [0, 0.1) is 0 Å². The third-order valence-electron chi connectivity index (χ3n) is 0.737. The average molecular weight is 253 g/mol. The van der Waals surface area contributed by atoms with E-state index in [0.717, 1.165) is 11.3 Å². The predicted molar refractivity (Wildman–Crippen MR) is 45.2 cm³/mol. The number of nitrogens with zero attached hydrogens (tertiary/aromatic N) is 1. The Balaban J connectivity index is 3.29. The molecule has 1 aromatic heterocycles. The number of thiazole rings is 1. The highest BCUT2D eigenvalue weighted by atomic mass is 35.7. The van der Waals surface area contributed by atoms with Crippen LogP contribution in [0.4, 0.5) is 0 Å². The Kier molecular flexibility index (Phi) is 2.66. The zero-order valence-corrected chi connectivity index (χ0v) is 8.61. The van der Waals surface area contributed by atoms with Gasteiger partial charge in [0, 0.05) is 10.7 Å². The van der Waals surface area contributed by atoms with Gasteiger partial charge in [-0.3, -0.25) is 0 Å². The van der Waals surface area contributed by atoms with E-state index in [1.807, 2.05) is 0 Å². The maximum atomic E-state index is 10.6. The number of aromatic nitrogens is 1. The van der Waals surface area contributed by atoms with E-state index in [-0.39, 0.29) is 13.8 Å². The van der Waals surface area contributed by atoms with Crippen LogP contribution in [0.25, 0.3) is 0 Å². The zero-order chi connectivity index (χ0) is 8.65. The van der Waals surface area contributed by atoms with E-state index in [1.165, 1.54) is 0 Å². The van der Waals surface area contributed by atoms with Gasteiger partial charge in [-0.15, -0.1) is 0 Å². The van der Waals surface area contributed by atoms with Crippen molar-refractivity contribution < 1.29 is 8.42 Å². The Labute approximate surface area is 81.3 Å². The molecular weight excluding hydrogens is 253 g/mol. The second kappa shape index (κ2) is 3.06. The van der Waals surface area contributed by atoms with Crippen LogP contribution in [0.15, 0.2) is 4.34 Å². The number of halogens is 3. The molecule has 0 aliphatic heterocycles. The largest absolute Gasteiger partial charge is 0.288 e. The Morgan fingerprint density at radius 3 is 2.09 bits per heavy atom. The van der Waals surface area contributed by atoms with Crippen molar-refractivity contribution >= 4 is 54.3 Å². The summed E-state index contributed by atoms with van der Waals surface area (Å²) in [6, 6.07) is 0. The molecule has 0 atom stereocenters. The Morgan fingerprint density at radius 2 is 1.91 bits per heavy atom. The van der Waals surface area contributed by atoms with Gasteiger partial charge in [0.2, 0.25) is 4.34 Å². The summed E-state index contributed by atoms with van der Waals surface area (Å²) in [5, 5.41) is -0.0455. The van der Waals surface area contributed by atoms with Crippen LogP contribution >= 0.6 is 45.2 Å². The summed E-state index contributed by atoms with van der Waals surface area (Å²) in [6.07, 6.45) is 0. The molecule has 0 amide bonds. The van der Waals surface area contributed by atoms with Crippen molar-refractivity contribution in [2.75, 3.05) is 0 Å². The van der Waals surface area contributed by atoms with E-state index < -0.39 is 9.05 Å². The molecule has 0 saturated carbocycles. The molecule has 0 aliphatic carbocycles. The third kappa shape index (κ3) is 2.19. The Morgan fingerprint density at radius 1 is 1.36 bits per heavy atom. The highest BCUT2D eigenvalue weighted by Crippen LogP contribution is 2.31. The minimum absolute atomic E-state index is 0.0455. The molecule has 62 valence electrons. The SMILES string of the molecule is O=S(=O)(Cl)c1nc(Cl)c(Cl)s1. The molecule has 0 aromatic carbocycles. The molecule has 3 nitrogen and oxygen atoms in total. The van der Waals surface area contributed by atoms with Gasteiger partial charge in [0.05, 0.1) is 0 Å². The molecule has 0 aliphatic rings. The lowest BCUT2D eigenvalue weighted by molar-refractivity contribution is 0.609. The fourth-order valence-corrected chi connectivity index (χ4v) is 2.72. The Bertz CT molecular complexity index is 350. The highest BCUT2D eigenvalue weighted by Gasteiger charge is 2.17. The number of hydrogen-bond donors (Lipinski definition) is 0. The second-order valence-corrected chi connectivity index (χ2v) is 6.18. The fourth-order valence-electron chi connectivity index (χ4n) is 0.370. The monoisotopic (exact) mass is 251 g/mol. The van der Waals surface area contributed by atoms with Crippen LogP contribution in [0.1, 0.15) is 0 Å². The zero-order valence-electron chi connectivity index (χ0n) is 4.71. The molecule has 8 heteroatoms. The predicted octanol–water partition coefficient (Wildman–Crippen LogP) is 2.38. The van der Waals surface area contributed by atoms with Crippen LogP contribution in [0.5, 0.6) is 0 Å². The number of rotatable bonds is 1. The van der Waals surface area contributed by atoms with Gasteiger partial charge in [-0.1, -0.05) is 34.5 Å². The van der Waals surface area contributed by atoms with Gasteiger partial charge in [0.1, 0.15) is 4.34 Å². The molecule has 0 bridgehead atoms. The van der Waals surface area contributed by atoms with Crippen molar-refractivity contribution in [3.05, 3.63) is 9.49 Å². The van der Waals surface area contributed by atoms with Crippen LogP contribution in [0.2, 0.25) is 9.49 Å². The van der Waals surface area contributed by atoms with Gasteiger partial charge < -0.3 is 0 Å². The maximum Gasteiger partial charge on any atom is 0.288 e. The smallest absolute Gasteiger partial charge is 0.210 e. The van der Waals surface area contributed by atoms with Crippen molar-refractivity contribution in [1.82, 2.24) is 4.98 Å². The molecule has 1 rings (SSSR count). The first-order chi connectivity index (χ1) is 4.91. The maximum absolute atomic E-state index is 10.6. The van der Waals surface area contributed by atoms with Crippen molar-refractivity contribution in [3.8, 4) is 0 Å². The van der Waals surface area contributed by atoms with E-state index >= 15 is 0 Å². The molecule has 0 unspecified atom stereocenters. The van der Waals surface area contributed by atoms with Crippen molar-refractivity contribution in [2.24, 2.45) is 0 Å².